The molecule has 0 aromatic heterocycles. The fraction of sp³-hybridized carbons (Fsp3) is 0.529. The number of fused-ring (bicyclic) bond motifs is 1. The van der Waals surface area contributed by atoms with Gasteiger partial charge in [-0.2, -0.15) is 0 Å². The Hall–Kier alpha value is -2.28. The summed E-state index contributed by atoms with van der Waals surface area (Å²) in [6, 6.07) is 5.02. The number of carbonyl (C=O) groups excluding carboxylic acids is 1. The van der Waals surface area contributed by atoms with Crippen molar-refractivity contribution < 1.29 is 28.9 Å². The summed E-state index contributed by atoms with van der Waals surface area (Å²) in [7, 11) is 0. The number of carboxylic acids is 1. The molecule has 1 saturated heterocycles. The van der Waals surface area contributed by atoms with Gasteiger partial charge in [-0.05, 0) is 31.0 Å². The molecule has 0 aliphatic carbocycles. The highest BCUT2D eigenvalue weighted by Gasteiger charge is 2.36. The van der Waals surface area contributed by atoms with Crippen molar-refractivity contribution in [3.8, 4) is 11.5 Å². The Morgan fingerprint density at radius 3 is 2.50 bits per heavy atom. The molecular weight excluding hydrogens is 314 g/mol. The predicted octanol–water partition coefficient (Wildman–Crippen LogP) is 1.60. The fourth-order valence-electron chi connectivity index (χ4n) is 3.02. The molecule has 0 spiro atoms. The summed E-state index contributed by atoms with van der Waals surface area (Å²) in [5.41, 5.74) is -0.346. The molecule has 0 unspecified atom stereocenters. The molecule has 2 aliphatic heterocycles. The number of rotatable bonds is 4. The van der Waals surface area contributed by atoms with E-state index in [9.17, 15) is 14.7 Å². The van der Waals surface area contributed by atoms with E-state index in [-0.39, 0.29) is 12.3 Å². The van der Waals surface area contributed by atoms with Crippen molar-refractivity contribution in [1.82, 2.24) is 5.32 Å². The maximum absolute atomic E-state index is 12.6. The molecule has 7 nitrogen and oxygen atoms in total. The molecule has 1 aromatic carbocycles. The third-order valence-corrected chi connectivity index (χ3v) is 4.33. The van der Waals surface area contributed by atoms with Gasteiger partial charge < -0.3 is 24.6 Å². The minimum Gasteiger partial charge on any atom is -0.490 e. The van der Waals surface area contributed by atoms with E-state index in [0.717, 1.165) is 6.42 Å². The number of aliphatic carboxylic acids is 1. The van der Waals surface area contributed by atoms with Crippen LogP contribution in [0, 0.1) is 0 Å². The molecule has 0 bridgehead atoms. The highest BCUT2D eigenvalue weighted by atomic mass is 16.5. The van der Waals surface area contributed by atoms with Crippen LogP contribution in [-0.2, 0) is 9.53 Å². The summed E-state index contributed by atoms with van der Waals surface area (Å²) in [6.07, 6.45) is 1.63. The van der Waals surface area contributed by atoms with Gasteiger partial charge in [0, 0.05) is 25.2 Å². The van der Waals surface area contributed by atoms with Gasteiger partial charge in [0.15, 0.2) is 11.5 Å². The molecule has 1 aromatic rings. The van der Waals surface area contributed by atoms with Gasteiger partial charge >= 0.3 is 5.97 Å². The van der Waals surface area contributed by atoms with E-state index < -0.39 is 11.5 Å². The van der Waals surface area contributed by atoms with E-state index >= 15 is 0 Å². The van der Waals surface area contributed by atoms with Crippen molar-refractivity contribution in [2.75, 3.05) is 26.4 Å². The molecule has 2 N–H and O–H groups in total. The van der Waals surface area contributed by atoms with E-state index in [1.807, 2.05) is 0 Å². The summed E-state index contributed by atoms with van der Waals surface area (Å²) in [5, 5.41) is 12.1. The molecule has 0 saturated carbocycles. The highest BCUT2D eigenvalue weighted by molar-refractivity contribution is 5.95. The van der Waals surface area contributed by atoms with Crippen LogP contribution in [0.3, 0.4) is 0 Å². The van der Waals surface area contributed by atoms with Crippen LogP contribution >= 0.6 is 0 Å². The van der Waals surface area contributed by atoms with Crippen molar-refractivity contribution in [2.24, 2.45) is 0 Å². The second kappa shape index (κ2) is 7.09. The third kappa shape index (κ3) is 3.79. The van der Waals surface area contributed by atoms with Crippen molar-refractivity contribution in [2.45, 2.75) is 31.2 Å². The van der Waals surface area contributed by atoms with Gasteiger partial charge in [-0.3, -0.25) is 9.59 Å². The van der Waals surface area contributed by atoms with Crippen molar-refractivity contribution in [1.29, 1.82) is 0 Å². The molecule has 2 heterocycles. The van der Waals surface area contributed by atoms with Crippen molar-refractivity contribution in [3.05, 3.63) is 23.8 Å². The lowest BCUT2D eigenvalue weighted by molar-refractivity contribution is -0.139. The lowest BCUT2D eigenvalue weighted by atomic mass is 9.86. The number of benzene rings is 1. The topological polar surface area (TPSA) is 94.1 Å². The molecule has 1 amide bonds. The second-order valence-electron chi connectivity index (χ2n) is 6.13. The zero-order chi connectivity index (χ0) is 17.0. The Morgan fingerprint density at radius 2 is 1.79 bits per heavy atom. The van der Waals surface area contributed by atoms with E-state index in [4.69, 9.17) is 14.2 Å². The first-order chi connectivity index (χ1) is 11.6. The average Bonchev–Trinajstić information content (AvgIpc) is 2.79. The minimum atomic E-state index is -0.934. The molecule has 3 rings (SSSR count). The smallest absolute Gasteiger partial charge is 0.305 e. The van der Waals surface area contributed by atoms with Crippen LogP contribution in [0.4, 0.5) is 0 Å². The van der Waals surface area contributed by atoms with Crippen molar-refractivity contribution in [3.63, 3.8) is 0 Å². The molecule has 0 atom stereocenters. The van der Waals surface area contributed by atoms with Crippen LogP contribution in [0.5, 0.6) is 11.5 Å². The molecule has 1 fully saturated rings. The second-order valence-corrected chi connectivity index (χ2v) is 6.13. The SMILES string of the molecule is O=C(O)CC1(NC(=O)c2ccc3c(c2)OCCCO3)CCOCC1. The Bertz CT molecular complexity index is 624. The van der Waals surface area contributed by atoms with Crippen LogP contribution in [-0.4, -0.2) is 48.9 Å². The fourth-order valence-corrected chi connectivity index (χ4v) is 3.02. The molecular formula is C17H21NO6. The number of carbonyl (C=O) groups is 2. The Balaban J connectivity index is 1.77. The summed E-state index contributed by atoms with van der Waals surface area (Å²) in [4.78, 5) is 23.8. The zero-order valence-corrected chi connectivity index (χ0v) is 13.4. The van der Waals surface area contributed by atoms with Gasteiger partial charge in [0.05, 0.1) is 25.2 Å². The van der Waals surface area contributed by atoms with Crippen LogP contribution < -0.4 is 14.8 Å². The van der Waals surface area contributed by atoms with Gasteiger partial charge in [0.1, 0.15) is 0 Å². The summed E-state index contributed by atoms with van der Waals surface area (Å²) in [5.74, 6) is -0.0839. The molecule has 0 radical (unpaired) electrons. The largest absolute Gasteiger partial charge is 0.490 e. The number of hydrogen-bond acceptors (Lipinski definition) is 5. The monoisotopic (exact) mass is 335 g/mol. The van der Waals surface area contributed by atoms with Crippen LogP contribution in [0.25, 0.3) is 0 Å². The van der Waals surface area contributed by atoms with Gasteiger partial charge in [-0.15, -0.1) is 0 Å². The zero-order valence-electron chi connectivity index (χ0n) is 13.4. The Kier molecular flexibility index (Phi) is 4.89. The quantitative estimate of drug-likeness (QED) is 0.868. The van der Waals surface area contributed by atoms with Gasteiger partial charge in [-0.1, -0.05) is 0 Å². The van der Waals surface area contributed by atoms with Crippen LogP contribution in [0.2, 0.25) is 0 Å². The van der Waals surface area contributed by atoms with E-state index in [1.165, 1.54) is 0 Å². The first kappa shape index (κ1) is 16.6. The van der Waals surface area contributed by atoms with Gasteiger partial charge in [0.2, 0.25) is 0 Å². The van der Waals surface area contributed by atoms with Crippen LogP contribution in [0.1, 0.15) is 36.0 Å². The summed E-state index contributed by atoms with van der Waals surface area (Å²) >= 11 is 0. The number of carboxylic acid groups (broad SMARTS) is 1. The normalized spacial score (nSPS) is 19.2. The van der Waals surface area contributed by atoms with Gasteiger partial charge in [-0.25, -0.2) is 0 Å². The summed E-state index contributed by atoms with van der Waals surface area (Å²) < 4.78 is 16.5. The number of amides is 1. The lowest BCUT2D eigenvalue weighted by Crippen LogP contribution is -2.53. The van der Waals surface area contributed by atoms with E-state index in [0.29, 0.717) is 56.3 Å². The van der Waals surface area contributed by atoms with E-state index in [2.05, 4.69) is 5.32 Å². The molecule has 24 heavy (non-hydrogen) atoms. The summed E-state index contributed by atoms with van der Waals surface area (Å²) in [6.45, 7) is 2.00. The number of nitrogens with one attached hydrogen (secondary N) is 1. The predicted molar refractivity (Wildman–Crippen MR) is 84.6 cm³/mol. The Labute approximate surface area is 139 Å². The maximum Gasteiger partial charge on any atom is 0.305 e. The number of hydrogen-bond donors (Lipinski definition) is 2. The first-order valence-corrected chi connectivity index (χ1v) is 8.10. The van der Waals surface area contributed by atoms with Crippen LogP contribution in [0.15, 0.2) is 18.2 Å². The third-order valence-electron chi connectivity index (χ3n) is 4.33. The lowest BCUT2D eigenvalue weighted by Gasteiger charge is -2.36. The Morgan fingerprint density at radius 1 is 1.08 bits per heavy atom. The highest BCUT2D eigenvalue weighted by Crippen LogP contribution is 2.31. The molecule has 7 heteroatoms. The number of ether oxygens (including phenoxy) is 3. The standard InChI is InChI=1S/C17H21NO6/c19-15(20)11-17(4-8-22-9-5-17)18-16(21)12-2-3-13-14(10-12)24-7-1-6-23-13/h2-3,10H,1,4-9,11H2,(H,18,21)(H,19,20). The van der Waals surface area contributed by atoms with E-state index in [1.54, 1.807) is 18.2 Å². The maximum atomic E-state index is 12.6. The molecule has 130 valence electrons. The van der Waals surface area contributed by atoms with Crippen molar-refractivity contribution >= 4 is 11.9 Å². The minimum absolute atomic E-state index is 0.118. The first-order valence-electron chi connectivity index (χ1n) is 8.10. The average molecular weight is 335 g/mol. The van der Waals surface area contributed by atoms with Gasteiger partial charge in [0.25, 0.3) is 5.91 Å². The molecule has 2 aliphatic rings.